The molecule has 0 radical (unpaired) electrons. The van der Waals surface area contributed by atoms with Crippen molar-refractivity contribution in [3.05, 3.63) is 54.4 Å². The zero-order valence-corrected chi connectivity index (χ0v) is 12.8. The van der Waals surface area contributed by atoms with Crippen LogP contribution in [0, 0.1) is 0 Å². The molecule has 2 heteroatoms. The lowest BCUT2D eigenvalue weighted by molar-refractivity contribution is 0.184. The SMILES string of the molecule is CN(Cc1cccc(-c2cccnc2)c1)C1CCCCC1. The number of benzene rings is 1. The molecular formula is C19H24N2. The standard InChI is InChI=1S/C19H24N2/c1-21(19-10-3-2-4-11-19)15-16-7-5-8-17(13-16)18-9-6-12-20-14-18/h5-9,12-14,19H,2-4,10-11,15H2,1H3. The van der Waals surface area contributed by atoms with E-state index < -0.39 is 0 Å². The second kappa shape index (κ2) is 6.86. The smallest absolute Gasteiger partial charge is 0.0346 e. The van der Waals surface area contributed by atoms with E-state index in [4.69, 9.17) is 0 Å². The average molecular weight is 280 g/mol. The highest BCUT2D eigenvalue weighted by Crippen LogP contribution is 2.24. The minimum Gasteiger partial charge on any atom is -0.299 e. The number of nitrogens with zero attached hydrogens (tertiary/aromatic N) is 2. The highest BCUT2D eigenvalue weighted by molar-refractivity contribution is 5.62. The van der Waals surface area contributed by atoms with E-state index in [-0.39, 0.29) is 0 Å². The fraction of sp³-hybridized carbons (Fsp3) is 0.421. The van der Waals surface area contributed by atoms with E-state index in [2.05, 4.69) is 47.3 Å². The van der Waals surface area contributed by atoms with Crippen molar-refractivity contribution in [2.75, 3.05) is 7.05 Å². The summed E-state index contributed by atoms with van der Waals surface area (Å²) < 4.78 is 0. The average Bonchev–Trinajstić information content (AvgIpc) is 2.57. The Morgan fingerprint density at radius 3 is 2.62 bits per heavy atom. The summed E-state index contributed by atoms with van der Waals surface area (Å²) in [6.07, 6.45) is 10.7. The topological polar surface area (TPSA) is 16.1 Å². The summed E-state index contributed by atoms with van der Waals surface area (Å²) in [5, 5.41) is 0. The largest absolute Gasteiger partial charge is 0.299 e. The molecule has 21 heavy (non-hydrogen) atoms. The van der Waals surface area contributed by atoms with Crippen LogP contribution in [0.2, 0.25) is 0 Å². The molecule has 1 fully saturated rings. The summed E-state index contributed by atoms with van der Waals surface area (Å²) in [5.41, 5.74) is 3.85. The molecule has 2 aromatic rings. The third kappa shape index (κ3) is 3.70. The molecule has 2 nitrogen and oxygen atoms in total. The Hall–Kier alpha value is -1.67. The molecule has 1 saturated carbocycles. The van der Waals surface area contributed by atoms with Gasteiger partial charge in [0.15, 0.2) is 0 Å². The first-order chi connectivity index (χ1) is 10.3. The first-order valence-corrected chi connectivity index (χ1v) is 8.02. The monoisotopic (exact) mass is 280 g/mol. The van der Waals surface area contributed by atoms with Crippen molar-refractivity contribution >= 4 is 0 Å². The van der Waals surface area contributed by atoms with Gasteiger partial charge in [0.1, 0.15) is 0 Å². The Bertz CT molecular complexity index is 559. The van der Waals surface area contributed by atoms with Crippen LogP contribution < -0.4 is 0 Å². The van der Waals surface area contributed by atoms with Gasteiger partial charge in [-0.05, 0) is 48.7 Å². The van der Waals surface area contributed by atoms with Gasteiger partial charge >= 0.3 is 0 Å². The van der Waals surface area contributed by atoms with Crippen LogP contribution >= 0.6 is 0 Å². The summed E-state index contributed by atoms with van der Waals surface area (Å²) >= 11 is 0. The molecule has 1 aromatic carbocycles. The van der Waals surface area contributed by atoms with E-state index in [1.54, 1.807) is 0 Å². The van der Waals surface area contributed by atoms with Crippen molar-refractivity contribution in [3.63, 3.8) is 0 Å². The lowest BCUT2D eigenvalue weighted by Crippen LogP contribution is -2.32. The maximum absolute atomic E-state index is 4.21. The summed E-state index contributed by atoms with van der Waals surface area (Å²) in [7, 11) is 2.27. The van der Waals surface area contributed by atoms with Gasteiger partial charge in [0.25, 0.3) is 0 Å². The van der Waals surface area contributed by atoms with Crippen LogP contribution in [0.25, 0.3) is 11.1 Å². The zero-order valence-electron chi connectivity index (χ0n) is 12.8. The van der Waals surface area contributed by atoms with Gasteiger partial charge in [0.2, 0.25) is 0 Å². The maximum Gasteiger partial charge on any atom is 0.0346 e. The third-order valence-electron chi connectivity index (χ3n) is 4.55. The summed E-state index contributed by atoms with van der Waals surface area (Å²) in [6.45, 7) is 1.04. The van der Waals surface area contributed by atoms with E-state index in [0.29, 0.717) is 0 Å². The molecule has 0 bridgehead atoms. The normalized spacial score (nSPS) is 16.3. The lowest BCUT2D eigenvalue weighted by Gasteiger charge is -2.31. The molecule has 1 heterocycles. The summed E-state index contributed by atoms with van der Waals surface area (Å²) in [6, 6.07) is 13.7. The fourth-order valence-electron chi connectivity index (χ4n) is 3.32. The van der Waals surface area contributed by atoms with Crippen LogP contribution in [0.4, 0.5) is 0 Å². The minimum absolute atomic E-state index is 0.765. The molecule has 0 saturated heterocycles. The molecule has 110 valence electrons. The maximum atomic E-state index is 4.21. The lowest BCUT2D eigenvalue weighted by atomic mass is 9.94. The highest BCUT2D eigenvalue weighted by Gasteiger charge is 2.17. The van der Waals surface area contributed by atoms with Crippen molar-refractivity contribution < 1.29 is 0 Å². The highest BCUT2D eigenvalue weighted by atomic mass is 15.1. The van der Waals surface area contributed by atoms with Crippen LogP contribution in [0.3, 0.4) is 0 Å². The summed E-state index contributed by atoms with van der Waals surface area (Å²) in [5.74, 6) is 0. The van der Waals surface area contributed by atoms with Gasteiger partial charge in [-0.25, -0.2) is 0 Å². The van der Waals surface area contributed by atoms with Crippen molar-refractivity contribution in [1.82, 2.24) is 9.88 Å². The van der Waals surface area contributed by atoms with Gasteiger partial charge in [-0.2, -0.15) is 0 Å². The Balaban J connectivity index is 1.71. The van der Waals surface area contributed by atoms with Gasteiger partial charge in [0.05, 0.1) is 0 Å². The number of hydrogen-bond acceptors (Lipinski definition) is 2. The number of hydrogen-bond donors (Lipinski definition) is 0. The molecule has 1 aromatic heterocycles. The van der Waals surface area contributed by atoms with Crippen LogP contribution in [0.15, 0.2) is 48.8 Å². The predicted molar refractivity (Wildman–Crippen MR) is 88.0 cm³/mol. The van der Waals surface area contributed by atoms with Crippen LogP contribution in [0.1, 0.15) is 37.7 Å². The van der Waals surface area contributed by atoms with Crippen molar-refractivity contribution in [1.29, 1.82) is 0 Å². The third-order valence-corrected chi connectivity index (χ3v) is 4.55. The van der Waals surface area contributed by atoms with Gasteiger partial charge in [-0.1, -0.05) is 43.5 Å². The van der Waals surface area contributed by atoms with E-state index in [1.807, 2.05) is 18.5 Å². The fourth-order valence-corrected chi connectivity index (χ4v) is 3.32. The molecular weight excluding hydrogens is 256 g/mol. The van der Waals surface area contributed by atoms with Crippen LogP contribution in [-0.4, -0.2) is 23.0 Å². The summed E-state index contributed by atoms with van der Waals surface area (Å²) in [4.78, 5) is 6.74. The van der Waals surface area contributed by atoms with E-state index in [0.717, 1.165) is 12.6 Å². The predicted octanol–water partition coefficient (Wildman–Crippen LogP) is 4.51. The van der Waals surface area contributed by atoms with E-state index >= 15 is 0 Å². The molecule has 0 amide bonds. The molecule has 0 unspecified atom stereocenters. The first-order valence-electron chi connectivity index (χ1n) is 8.02. The molecule has 0 N–H and O–H groups in total. The quantitative estimate of drug-likeness (QED) is 0.819. The van der Waals surface area contributed by atoms with Gasteiger partial charge in [0, 0.05) is 25.0 Å². The number of rotatable bonds is 4. The van der Waals surface area contributed by atoms with Gasteiger partial charge in [-0.3, -0.25) is 9.88 Å². The van der Waals surface area contributed by atoms with Crippen molar-refractivity contribution in [2.45, 2.75) is 44.7 Å². The molecule has 0 spiro atoms. The first kappa shape index (κ1) is 14.3. The Labute approximate surface area is 127 Å². The second-order valence-corrected chi connectivity index (χ2v) is 6.15. The Kier molecular flexibility index (Phi) is 4.66. The van der Waals surface area contributed by atoms with Gasteiger partial charge < -0.3 is 0 Å². The number of aromatic nitrogens is 1. The van der Waals surface area contributed by atoms with Crippen molar-refractivity contribution in [2.24, 2.45) is 0 Å². The second-order valence-electron chi connectivity index (χ2n) is 6.15. The molecule has 3 rings (SSSR count). The van der Waals surface area contributed by atoms with Crippen molar-refractivity contribution in [3.8, 4) is 11.1 Å². The molecule has 1 aliphatic rings. The molecule has 0 atom stereocenters. The molecule has 0 aliphatic heterocycles. The number of pyridine rings is 1. The zero-order chi connectivity index (χ0) is 14.5. The minimum atomic E-state index is 0.765. The van der Waals surface area contributed by atoms with Crippen LogP contribution in [-0.2, 0) is 6.54 Å². The Morgan fingerprint density at radius 2 is 1.86 bits per heavy atom. The van der Waals surface area contributed by atoms with E-state index in [1.165, 1.54) is 48.8 Å². The Morgan fingerprint density at radius 1 is 1.05 bits per heavy atom. The van der Waals surface area contributed by atoms with Gasteiger partial charge in [-0.15, -0.1) is 0 Å². The van der Waals surface area contributed by atoms with Crippen LogP contribution in [0.5, 0.6) is 0 Å². The molecule has 1 aliphatic carbocycles. The van der Waals surface area contributed by atoms with E-state index in [9.17, 15) is 0 Å².